The van der Waals surface area contributed by atoms with Crippen LogP contribution < -0.4 is 5.32 Å². The molecule has 3 heterocycles. The molecule has 104 valence electrons. The molecule has 0 radical (unpaired) electrons. The first kappa shape index (κ1) is 12.5. The molecule has 0 aromatic carbocycles. The third kappa shape index (κ3) is 2.51. The molecular weight excluding hydrogens is 290 g/mol. The van der Waals surface area contributed by atoms with Gasteiger partial charge in [-0.2, -0.15) is 0 Å². The van der Waals surface area contributed by atoms with Crippen molar-refractivity contribution in [2.45, 2.75) is 36.2 Å². The first-order valence-corrected chi connectivity index (χ1v) is 8.59. The van der Waals surface area contributed by atoms with E-state index in [1.165, 1.54) is 18.5 Å². The van der Waals surface area contributed by atoms with Gasteiger partial charge < -0.3 is 9.73 Å². The highest BCUT2D eigenvalue weighted by atomic mass is 32.2. The Hall–Kier alpha value is -1.24. The smallest absolute Gasteiger partial charge is 0.194 e. The van der Waals surface area contributed by atoms with Crippen molar-refractivity contribution in [2.75, 3.05) is 0 Å². The van der Waals surface area contributed by atoms with Crippen molar-refractivity contribution in [3.63, 3.8) is 0 Å². The van der Waals surface area contributed by atoms with E-state index in [2.05, 4.69) is 21.3 Å². The maximum Gasteiger partial charge on any atom is 0.194 e. The van der Waals surface area contributed by atoms with Crippen molar-refractivity contribution < 1.29 is 4.42 Å². The quantitative estimate of drug-likeness (QED) is 0.707. The normalized spacial score (nSPS) is 15.2. The van der Waals surface area contributed by atoms with E-state index in [0.717, 1.165) is 28.0 Å². The molecule has 4 rings (SSSR count). The third-order valence-electron chi connectivity index (χ3n) is 3.39. The summed E-state index contributed by atoms with van der Waals surface area (Å²) in [6.07, 6.45) is 6.44. The van der Waals surface area contributed by atoms with Gasteiger partial charge in [0.25, 0.3) is 0 Å². The van der Waals surface area contributed by atoms with Gasteiger partial charge in [-0.05, 0) is 25.0 Å². The molecule has 0 saturated heterocycles. The highest BCUT2D eigenvalue weighted by molar-refractivity contribution is 7.98. The number of thioether (sulfide) groups is 1. The maximum absolute atomic E-state index is 5.39. The molecule has 1 aliphatic rings. The Morgan fingerprint density at radius 2 is 2.45 bits per heavy atom. The van der Waals surface area contributed by atoms with Gasteiger partial charge in [0.05, 0.1) is 17.7 Å². The van der Waals surface area contributed by atoms with Crippen LogP contribution in [0.2, 0.25) is 0 Å². The Morgan fingerprint density at radius 3 is 3.25 bits per heavy atom. The third-order valence-corrected chi connectivity index (χ3v) is 5.18. The minimum Gasteiger partial charge on any atom is -0.468 e. The summed E-state index contributed by atoms with van der Waals surface area (Å²) in [5.74, 6) is 1.82. The fourth-order valence-corrected chi connectivity index (χ4v) is 3.87. The SMILES string of the molecule is c1coc(CSc2nc3sccn3c2CNC2CC2)c1. The number of nitrogens with one attached hydrogen (secondary N) is 1. The molecule has 3 aromatic heterocycles. The number of imidazole rings is 1. The Kier molecular flexibility index (Phi) is 3.29. The van der Waals surface area contributed by atoms with Crippen molar-refractivity contribution in [3.8, 4) is 0 Å². The van der Waals surface area contributed by atoms with Gasteiger partial charge in [0.1, 0.15) is 10.8 Å². The van der Waals surface area contributed by atoms with E-state index >= 15 is 0 Å². The molecule has 0 spiro atoms. The van der Waals surface area contributed by atoms with E-state index in [0.29, 0.717) is 6.04 Å². The predicted molar refractivity (Wildman–Crippen MR) is 81.2 cm³/mol. The van der Waals surface area contributed by atoms with Gasteiger partial charge in [0, 0.05) is 24.2 Å². The zero-order chi connectivity index (χ0) is 13.4. The molecule has 3 aromatic rings. The molecule has 1 saturated carbocycles. The molecular formula is C14H15N3OS2. The average Bonchev–Trinajstić information content (AvgIpc) is 2.89. The summed E-state index contributed by atoms with van der Waals surface area (Å²) in [6, 6.07) is 4.65. The number of fused-ring (bicyclic) bond motifs is 1. The van der Waals surface area contributed by atoms with Gasteiger partial charge in [-0.1, -0.05) is 11.8 Å². The second-order valence-electron chi connectivity index (χ2n) is 4.94. The summed E-state index contributed by atoms with van der Waals surface area (Å²) in [4.78, 5) is 5.80. The van der Waals surface area contributed by atoms with E-state index in [1.807, 2.05) is 12.1 Å². The minimum absolute atomic E-state index is 0.710. The highest BCUT2D eigenvalue weighted by Crippen LogP contribution is 2.29. The lowest BCUT2D eigenvalue weighted by Gasteiger charge is -2.04. The van der Waals surface area contributed by atoms with E-state index in [9.17, 15) is 0 Å². The summed E-state index contributed by atoms with van der Waals surface area (Å²) in [7, 11) is 0. The summed E-state index contributed by atoms with van der Waals surface area (Å²) in [6.45, 7) is 0.892. The maximum atomic E-state index is 5.39. The van der Waals surface area contributed by atoms with Gasteiger partial charge in [-0.3, -0.25) is 4.40 Å². The monoisotopic (exact) mass is 305 g/mol. The molecule has 0 amide bonds. The van der Waals surface area contributed by atoms with Crippen LogP contribution in [-0.2, 0) is 12.3 Å². The Balaban J connectivity index is 1.56. The van der Waals surface area contributed by atoms with Gasteiger partial charge in [0.2, 0.25) is 0 Å². The zero-order valence-corrected chi connectivity index (χ0v) is 12.5. The Bertz CT molecular complexity index is 697. The molecule has 20 heavy (non-hydrogen) atoms. The largest absolute Gasteiger partial charge is 0.468 e. The number of hydrogen-bond acceptors (Lipinski definition) is 5. The second-order valence-corrected chi connectivity index (χ2v) is 6.78. The topological polar surface area (TPSA) is 42.5 Å². The molecule has 0 bridgehead atoms. The number of thiazole rings is 1. The number of rotatable bonds is 6. The van der Waals surface area contributed by atoms with Gasteiger partial charge >= 0.3 is 0 Å². The number of hydrogen-bond donors (Lipinski definition) is 1. The van der Waals surface area contributed by atoms with E-state index in [-0.39, 0.29) is 0 Å². The van der Waals surface area contributed by atoms with Gasteiger partial charge in [0.15, 0.2) is 4.96 Å². The molecule has 0 unspecified atom stereocenters. The first-order chi connectivity index (χ1) is 9.90. The van der Waals surface area contributed by atoms with Crippen LogP contribution in [-0.4, -0.2) is 15.4 Å². The van der Waals surface area contributed by atoms with Crippen molar-refractivity contribution in [3.05, 3.63) is 41.4 Å². The highest BCUT2D eigenvalue weighted by Gasteiger charge is 2.22. The Labute approximate surface area is 125 Å². The lowest BCUT2D eigenvalue weighted by Crippen LogP contribution is -2.16. The van der Waals surface area contributed by atoms with E-state index in [1.54, 1.807) is 29.4 Å². The molecule has 6 heteroatoms. The molecule has 1 N–H and O–H groups in total. The summed E-state index contributed by atoms with van der Waals surface area (Å²) < 4.78 is 7.59. The molecule has 1 aliphatic carbocycles. The molecule has 0 aliphatic heterocycles. The van der Waals surface area contributed by atoms with Crippen LogP contribution in [0.1, 0.15) is 24.3 Å². The minimum atomic E-state index is 0.710. The van der Waals surface area contributed by atoms with Crippen LogP contribution in [0.3, 0.4) is 0 Å². The van der Waals surface area contributed by atoms with Crippen LogP contribution >= 0.6 is 23.1 Å². The zero-order valence-electron chi connectivity index (χ0n) is 10.9. The number of furan rings is 1. The lowest BCUT2D eigenvalue weighted by atomic mass is 10.4. The summed E-state index contributed by atoms with van der Waals surface area (Å²) in [5, 5.41) is 6.78. The van der Waals surface area contributed by atoms with Crippen molar-refractivity contribution in [1.29, 1.82) is 0 Å². The number of nitrogens with zero attached hydrogens (tertiary/aromatic N) is 2. The van der Waals surface area contributed by atoms with Crippen molar-refractivity contribution in [1.82, 2.24) is 14.7 Å². The van der Waals surface area contributed by atoms with Crippen LogP contribution in [0.25, 0.3) is 4.96 Å². The lowest BCUT2D eigenvalue weighted by molar-refractivity contribution is 0.530. The first-order valence-electron chi connectivity index (χ1n) is 6.73. The predicted octanol–water partition coefficient (Wildman–Crippen LogP) is 3.53. The molecule has 1 fully saturated rings. The fraction of sp³-hybridized carbons (Fsp3) is 0.357. The van der Waals surface area contributed by atoms with Gasteiger partial charge in [-0.25, -0.2) is 4.98 Å². The standard InChI is InChI=1S/C14H15N3OS2/c1-2-11(18-6-1)9-20-13-12(8-15-10-3-4-10)17-5-7-19-14(17)16-13/h1-2,5-7,10,15H,3-4,8-9H2. The van der Waals surface area contributed by atoms with Crippen LogP contribution in [0, 0.1) is 0 Å². The van der Waals surface area contributed by atoms with Crippen LogP contribution in [0.15, 0.2) is 39.4 Å². The van der Waals surface area contributed by atoms with Crippen molar-refractivity contribution in [2.24, 2.45) is 0 Å². The fourth-order valence-electron chi connectivity index (χ4n) is 2.15. The van der Waals surface area contributed by atoms with Crippen LogP contribution in [0.4, 0.5) is 0 Å². The second kappa shape index (κ2) is 5.27. The molecule has 4 nitrogen and oxygen atoms in total. The summed E-state index contributed by atoms with van der Waals surface area (Å²) >= 11 is 3.43. The Morgan fingerprint density at radius 1 is 1.50 bits per heavy atom. The number of aromatic nitrogens is 2. The van der Waals surface area contributed by atoms with E-state index < -0.39 is 0 Å². The van der Waals surface area contributed by atoms with Gasteiger partial charge in [-0.15, -0.1) is 11.3 Å². The summed E-state index contributed by atoms with van der Waals surface area (Å²) in [5.41, 5.74) is 1.27. The van der Waals surface area contributed by atoms with Crippen LogP contribution in [0.5, 0.6) is 0 Å². The van der Waals surface area contributed by atoms with Crippen molar-refractivity contribution >= 4 is 28.1 Å². The average molecular weight is 305 g/mol. The molecule has 0 atom stereocenters. The van der Waals surface area contributed by atoms with E-state index in [4.69, 9.17) is 9.40 Å².